The predicted molar refractivity (Wildman–Crippen MR) is 162 cm³/mol. The molecule has 0 aliphatic carbocycles. The average Bonchev–Trinajstić information content (AvgIpc) is 2.98. The topological polar surface area (TPSA) is 63.4 Å². The summed E-state index contributed by atoms with van der Waals surface area (Å²) in [5.41, 5.74) is 9.73. The second kappa shape index (κ2) is 17.0. The number of ketones is 1. The van der Waals surface area contributed by atoms with Crippen LogP contribution in [0.1, 0.15) is 82.5 Å². The lowest BCUT2D eigenvalue weighted by Gasteiger charge is -2.36. The molecule has 2 aromatic rings. The minimum absolute atomic E-state index is 0.138. The summed E-state index contributed by atoms with van der Waals surface area (Å²) in [4.78, 5) is 25.1. The van der Waals surface area contributed by atoms with Gasteiger partial charge in [0.15, 0.2) is 0 Å². The first-order chi connectivity index (χ1) is 17.7. The molecule has 4 nitrogen and oxygen atoms in total. The van der Waals surface area contributed by atoms with Crippen molar-refractivity contribution in [3.8, 4) is 0 Å². The van der Waals surface area contributed by atoms with Gasteiger partial charge in [0, 0.05) is 30.7 Å². The standard InChI is InChI=1S/C15H19NO.C10H12O.C6H15NS2/c1-11-10-12-6-2-3-7-13(12)14-8-4-5-9-16(14)15(11)17;1-9(11)7-8-10-5-3-2-4-6-10;1-5(2)3-6(7)4-9-8/h2-3,6-7,11,14H,4-5,8-10H2,1H3;2-6H,7-8H2,1H3;5-6,8H,3-4,7H2,1-2H3. The molecule has 1 amide bonds. The summed E-state index contributed by atoms with van der Waals surface area (Å²) in [6.45, 7) is 9.01. The highest BCUT2D eigenvalue weighted by molar-refractivity contribution is 8.68. The van der Waals surface area contributed by atoms with Crippen molar-refractivity contribution in [2.45, 2.75) is 84.7 Å². The third-order valence-electron chi connectivity index (χ3n) is 6.82. The number of rotatable bonds is 7. The summed E-state index contributed by atoms with van der Waals surface area (Å²) in [7, 11) is 1.52. The molecule has 2 aromatic carbocycles. The SMILES string of the molecule is CC(=O)CCc1ccccc1.CC(C)CC(N)CSS.CC1Cc2ccccc2C2CCCCN2C1=O. The normalized spacial score (nSPS) is 19.3. The van der Waals surface area contributed by atoms with Crippen LogP contribution in [0.4, 0.5) is 0 Å². The minimum Gasteiger partial charge on any atom is -0.335 e. The molecule has 1 fully saturated rings. The average molecular weight is 543 g/mol. The first-order valence-corrected chi connectivity index (χ1v) is 15.7. The number of benzene rings is 2. The van der Waals surface area contributed by atoms with Crippen molar-refractivity contribution in [1.29, 1.82) is 0 Å². The zero-order chi connectivity index (χ0) is 27.2. The van der Waals surface area contributed by atoms with E-state index in [1.165, 1.54) is 33.9 Å². The molecule has 0 spiro atoms. The molecule has 4 rings (SSSR count). The number of piperidine rings is 1. The van der Waals surface area contributed by atoms with Gasteiger partial charge in [-0.1, -0.05) is 86.2 Å². The number of fused-ring (bicyclic) bond motifs is 3. The first kappa shape index (κ1) is 31.5. The zero-order valence-electron chi connectivity index (χ0n) is 23.1. The maximum atomic E-state index is 12.4. The van der Waals surface area contributed by atoms with Gasteiger partial charge in [0.05, 0.1) is 6.04 Å². The molecule has 2 heterocycles. The number of nitrogens with zero attached hydrogens (tertiary/aromatic N) is 1. The van der Waals surface area contributed by atoms with Gasteiger partial charge in [-0.3, -0.25) is 4.79 Å². The number of nitrogens with two attached hydrogens (primary N) is 1. The molecular formula is C31H46N2O2S2. The van der Waals surface area contributed by atoms with Gasteiger partial charge >= 0.3 is 0 Å². The van der Waals surface area contributed by atoms with Crippen molar-refractivity contribution >= 4 is 34.1 Å². The van der Waals surface area contributed by atoms with E-state index in [0.717, 1.165) is 44.4 Å². The number of amides is 1. The van der Waals surface area contributed by atoms with Gasteiger partial charge in [-0.2, -0.15) is 0 Å². The van der Waals surface area contributed by atoms with Crippen molar-refractivity contribution in [2.24, 2.45) is 17.6 Å². The fourth-order valence-electron chi connectivity index (χ4n) is 5.00. The highest BCUT2D eigenvalue weighted by Gasteiger charge is 2.34. The van der Waals surface area contributed by atoms with Gasteiger partial charge in [0.2, 0.25) is 5.91 Å². The first-order valence-electron chi connectivity index (χ1n) is 13.7. The molecule has 1 saturated heterocycles. The Labute approximate surface area is 234 Å². The zero-order valence-corrected chi connectivity index (χ0v) is 24.8. The lowest BCUT2D eigenvalue weighted by atomic mass is 9.92. The molecule has 2 aliphatic rings. The van der Waals surface area contributed by atoms with E-state index in [-0.39, 0.29) is 11.7 Å². The highest BCUT2D eigenvalue weighted by atomic mass is 33.1. The Bertz CT molecular complexity index is 951. The summed E-state index contributed by atoms with van der Waals surface area (Å²) in [6, 6.07) is 19.3. The highest BCUT2D eigenvalue weighted by Crippen LogP contribution is 2.37. The van der Waals surface area contributed by atoms with Gasteiger partial charge < -0.3 is 15.4 Å². The molecule has 2 N–H and O–H groups in total. The third kappa shape index (κ3) is 11.3. The van der Waals surface area contributed by atoms with Crippen LogP contribution < -0.4 is 5.73 Å². The van der Waals surface area contributed by atoms with E-state index in [9.17, 15) is 9.59 Å². The number of Topliss-reactive ketones (excluding diaryl/α,β-unsaturated/α-hetero) is 1. The van der Waals surface area contributed by atoms with Crippen LogP contribution in [0.15, 0.2) is 54.6 Å². The van der Waals surface area contributed by atoms with Crippen LogP contribution >= 0.6 is 22.5 Å². The Morgan fingerprint density at radius 2 is 1.78 bits per heavy atom. The number of carbonyl (C=O) groups excluding carboxylic acids is 2. The van der Waals surface area contributed by atoms with Crippen LogP contribution in [0.3, 0.4) is 0 Å². The molecular weight excluding hydrogens is 496 g/mol. The van der Waals surface area contributed by atoms with E-state index in [0.29, 0.717) is 30.3 Å². The molecule has 0 saturated carbocycles. The Morgan fingerprint density at radius 1 is 1.11 bits per heavy atom. The Morgan fingerprint density at radius 3 is 2.43 bits per heavy atom. The second-order valence-electron chi connectivity index (χ2n) is 10.7. The molecule has 2 aliphatic heterocycles. The molecule has 204 valence electrons. The summed E-state index contributed by atoms with van der Waals surface area (Å²) in [6.07, 6.45) is 7.08. The van der Waals surface area contributed by atoms with Gasteiger partial charge in [-0.25, -0.2) is 0 Å². The molecule has 0 aromatic heterocycles. The molecule has 6 heteroatoms. The predicted octanol–water partition coefficient (Wildman–Crippen LogP) is 7.08. The van der Waals surface area contributed by atoms with Crippen LogP contribution in [0, 0.1) is 11.8 Å². The van der Waals surface area contributed by atoms with Crippen LogP contribution in [0.25, 0.3) is 0 Å². The van der Waals surface area contributed by atoms with E-state index in [1.54, 1.807) is 6.92 Å². The van der Waals surface area contributed by atoms with Crippen molar-refractivity contribution in [1.82, 2.24) is 4.90 Å². The fourth-order valence-corrected chi connectivity index (χ4v) is 5.90. The summed E-state index contributed by atoms with van der Waals surface area (Å²) < 4.78 is 0. The monoisotopic (exact) mass is 542 g/mol. The maximum absolute atomic E-state index is 12.4. The van der Waals surface area contributed by atoms with Gasteiger partial charge in [0.25, 0.3) is 0 Å². The van der Waals surface area contributed by atoms with E-state index in [1.807, 2.05) is 30.3 Å². The largest absolute Gasteiger partial charge is 0.335 e. The Balaban J connectivity index is 0.000000210. The minimum atomic E-state index is 0.138. The number of aryl methyl sites for hydroxylation is 1. The molecule has 0 bridgehead atoms. The Kier molecular flexibility index (Phi) is 14.4. The molecule has 3 unspecified atom stereocenters. The lowest BCUT2D eigenvalue weighted by molar-refractivity contribution is -0.138. The second-order valence-corrected chi connectivity index (χ2v) is 12.1. The van der Waals surface area contributed by atoms with Crippen LogP contribution in [-0.2, 0) is 22.4 Å². The van der Waals surface area contributed by atoms with Gasteiger partial charge in [-0.15, -0.1) is 11.7 Å². The van der Waals surface area contributed by atoms with Crippen LogP contribution in [-0.4, -0.2) is 34.9 Å². The van der Waals surface area contributed by atoms with Gasteiger partial charge in [0.1, 0.15) is 5.78 Å². The van der Waals surface area contributed by atoms with Crippen molar-refractivity contribution in [3.05, 3.63) is 71.3 Å². The molecule has 37 heavy (non-hydrogen) atoms. The molecule has 0 radical (unpaired) electrons. The lowest BCUT2D eigenvalue weighted by Crippen LogP contribution is -2.40. The summed E-state index contributed by atoms with van der Waals surface area (Å²) >= 11 is 4.02. The van der Waals surface area contributed by atoms with E-state index < -0.39 is 0 Å². The fraction of sp³-hybridized carbons (Fsp3) is 0.548. The van der Waals surface area contributed by atoms with E-state index in [2.05, 4.69) is 61.6 Å². The quantitative estimate of drug-likeness (QED) is 0.290. The number of thiol groups is 1. The van der Waals surface area contributed by atoms with Crippen molar-refractivity contribution in [2.75, 3.05) is 12.3 Å². The number of hydrogen-bond acceptors (Lipinski definition) is 5. The van der Waals surface area contributed by atoms with Crippen LogP contribution in [0.5, 0.6) is 0 Å². The summed E-state index contributed by atoms with van der Waals surface area (Å²) in [5.74, 6) is 2.42. The smallest absolute Gasteiger partial charge is 0.226 e. The Hall–Kier alpha value is -1.76. The van der Waals surface area contributed by atoms with E-state index in [4.69, 9.17) is 5.73 Å². The van der Waals surface area contributed by atoms with Crippen molar-refractivity contribution in [3.63, 3.8) is 0 Å². The maximum Gasteiger partial charge on any atom is 0.226 e. The van der Waals surface area contributed by atoms with Gasteiger partial charge in [-0.05, 0) is 68.1 Å². The molecule has 3 atom stereocenters. The summed E-state index contributed by atoms with van der Waals surface area (Å²) in [5, 5.41) is 0. The van der Waals surface area contributed by atoms with Crippen LogP contribution in [0.2, 0.25) is 0 Å². The van der Waals surface area contributed by atoms with E-state index >= 15 is 0 Å². The van der Waals surface area contributed by atoms with Crippen molar-refractivity contribution < 1.29 is 9.59 Å². The number of carbonyl (C=O) groups is 2. The number of hydrogen-bond donors (Lipinski definition) is 2. The third-order valence-corrected chi connectivity index (χ3v) is 7.84.